The highest BCUT2D eigenvalue weighted by Crippen LogP contribution is 2.24. The molecule has 2 N–H and O–H groups in total. The van der Waals surface area contributed by atoms with Crippen molar-refractivity contribution in [1.29, 1.82) is 0 Å². The molecule has 2 amide bonds. The Morgan fingerprint density at radius 2 is 1.61 bits per heavy atom. The lowest BCUT2D eigenvalue weighted by Crippen LogP contribution is -2.46. The Labute approximate surface area is 182 Å². The normalized spacial score (nSPS) is 15.0. The van der Waals surface area contributed by atoms with Crippen LogP contribution in [0.4, 0.5) is 0 Å². The lowest BCUT2D eigenvalue weighted by Gasteiger charge is -2.25. The number of methoxy groups -OCH3 is 1. The van der Waals surface area contributed by atoms with Crippen LogP contribution in [0.25, 0.3) is 0 Å². The number of nitrogens with one attached hydrogen (secondary N) is 2. The lowest BCUT2D eigenvalue weighted by molar-refractivity contribution is -0.159. The molecule has 0 heterocycles. The first-order valence-electron chi connectivity index (χ1n) is 10.4. The summed E-state index contributed by atoms with van der Waals surface area (Å²) in [5, 5.41) is 5.62. The number of ether oxygens (including phenoxy) is 2. The van der Waals surface area contributed by atoms with Crippen LogP contribution in [-0.2, 0) is 14.3 Å². The predicted octanol–water partition coefficient (Wildman–Crippen LogP) is 3.01. The summed E-state index contributed by atoms with van der Waals surface area (Å²) in [7, 11) is 1.48. The molecule has 1 aliphatic rings. The van der Waals surface area contributed by atoms with Crippen LogP contribution < -0.4 is 15.4 Å². The van der Waals surface area contributed by atoms with E-state index in [1.807, 2.05) is 6.07 Å². The van der Waals surface area contributed by atoms with Gasteiger partial charge in [-0.2, -0.15) is 0 Å². The molecule has 0 aliphatic heterocycles. The van der Waals surface area contributed by atoms with Crippen molar-refractivity contribution >= 4 is 17.8 Å². The highest BCUT2D eigenvalue weighted by molar-refractivity contribution is 5.99. The summed E-state index contributed by atoms with van der Waals surface area (Å²) in [6.45, 7) is 3.60. The first kappa shape index (κ1) is 22.3. The Bertz CT molecular complexity index is 925. The number of hydrogen-bond donors (Lipinski definition) is 2. The lowest BCUT2D eigenvalue weighted by atomic mass is 10.0. The van der Waals surface area contributed by atoms with Crippen LogP contribution in [0.2, 0.25) is 0 Å². The van der Waals surface area contributed by atoms with E-state index >= 15 is 0 Å². The van der Waals surface area contributed by atoms with Crippen molar-refractivity contribution < 1.29 is 23.9 Å². The van der Waals surface area contributed by atoms with Gasteiger partial charge in [-0.05, 0) is 30.9 Å². The minimum atomic E-state index is -1.08. The van der Waals surface area contributed by atoms with Crippen LogP contribution in [0.3, 0.4) is 0 Å². The minimum Gasteiger partial charge on any atom is -0.496 e. The number of rotatable bonds is 9. The molecule has 31 heavy (non-hydrogen) atoms. The molecule has 2 aromatic rings. The number of amides is 2. The second-order valence-electron chi connectivity index (χ2n) is 7.91. The average molecular weight is 424 g/mol. The van der Waals surface area contributed by atoms with Gasteiger partial charge >= 0.3 is 5.97 Å². The fourth-order valence-corrected chi connectivity index (χ4v) is 3.14. The number of hydrogen-bond acceptors (Lipinski definition) is 5. The van der Waals surface area contributed by atoms with Crippen molar-refractivity contribution in [2.75, 3.05) is 7.11 Å². The molecule has 7 nitrogen and oxygen atoms in total. The van der Waals surface area contributed by atoms with Crippen molar-refractivity contribution in [2.45, 2.75) is 44.9 Å². The quantitative estimate of drug-likeness (QED) is 0.604. The van der Waals surface area contributed by atoms with Gasteiger partial charge < -0.3 is 20.1 Å². The Kier molecular flexibility index (Phi) is 7.28. The van der Waals surface area contributed by atoms with Gasteiger partial charge in [0.1, 0.15) is 11.8 Å². The van der Waals surface area contributed by atoms with E-state index in [9.17, 15) is 14.4 Å². The van der Waals surface area contributed by atoms with Gasteiger partial charge in [0, 0.05) is 11.6 Å². The first-order chi connectivity index (χ1) is 14.9. The van der Waals surface area contributed by atoms with E-state index in [-0.39, 0.29) is 17.9 Å². The highest BCUT2D eigenvalue weighted by Gasteiger charge is 2.34. The molecule has 0 unspecified atom stereocenters. The van der Waals surface area contributed by atoms with E-state index < -0.39 is 24.0 Å². The van der Waals surface area contributed by atoms with Crippen molar-refractivity contribution in [3.8, 4) is 5.75 Å². The van der Waals surface area contributed by atoms with Crippen molar-refractivity contribution in [2.24, 2.45) is 5.92 Å². The maximum Gasteiger partial charge on any atom is 0.330 e. The van der Waals surface area contributed by atoms with Gasteiger partial charge in [-0.25, -0.2) is 4.79 Å². The van der Waals surface area contributed by atoms with Crippen LogP contribution in [0.5, 0.6) is 5.75 Å². The maximum absolute atomic E-state index is 13.0. The van der Waals surface area contributed by atoms with Gasteiger partial charge in [-0.3, -0.25) is 9.59 Å². The average Bonchev–Trinajstić information content (AvgIpc) is 3.59. The molecule has 1 aliphatic carbocycles. The second kappa shape index (κ2) is 10.1. The molecule has 2 atom stereocenters. The number of benzene rings is 2. The van der Waals surface area contributed by atoms with Gasteiger partial charge in [-0.1, -0.05) is 56.3 Å². The zero-order valence-corrected chi connectivity index (χ0v) is 18.0. The molecule has 0 saturated heterocycles. The molecule has 0 radical (unpaired) electrons. The summed E-state index contributed by atoms with van der Waals surface area (Å²) in [6.07, 6.45) is 0.758. The summed E-state index contributed by atoms with van der Waals surface area (Å²) in [6, 6.07) is 14.8. The third kappa shape index (κ3) is 5.84. The topological polar surface area (TPSA) is 93.7 Å². The van der Waals surface area contributed by atoms with E-state index in [0.717, 1.165) is 12.8 Å². The first-order valence-corrected chi connectivity index (χ1v) is 10.4. The Balaban J connectivity index is 1.77. The van der Waals surface area contributed by atoms with Crippen LogP contribution >= 0.6 is 0 Å². The zero-order chi connectivity index (χ0) is 22.4. The predicted molar refractivity (Wildman–Crippen MR) is 116 cm³/mol. The van der Waals surface area contributed by atoms with Crippen molar-refractivity contribution in [3.05, 3.63) is 65.7 Å². The van der Waals surface area contributed by atoms with Gasteiger partial charge in [0.2, 0.25) is 6.10 Å². The SMILES string of the molecule is COc1ccccc1C(=O)N[C@H](C(=O)O[C@H](C(=O)NC1CC1)c1ccccc1)C(C)C. The third-order valence-electron chi connectivity index (χ3n) is 5.06. The molecule has 0 bridgehead atoms. The molecule has 1 saturated carbocycles. The fraction of sp³-hybridized carbons (Fsp3) is 0.375. The minimum absolute atomic E-state index is 0.128. The Morgan fingerprint density at radius 3 is 2.23 bits per heavy atom. The molecule has 0 spiro atoms. The van der Waals surface area contributed by atoms with Crippen molar-refractivity contribution in [3.63, 3.8) is 0 Å². The molecular formula is C24H28N2O5. The Hall–Kier alpha value is -3.35. The Morgan fingerprint density at radius 1 is 0.968 bits per heavy atom. The highest BCUT2D eigenvalue weighted by atomic mass is 16.5. The van der Waals surface area contributed by atoms with Gasteiger partial charge in [-0.15, -0.1) is 0 Å². The van der Waals surface area contributed by atoms with E-state index in [4.69, 9.17) is 9.47 Å². The summed E-state index contributed by atoms with van der Waals surface area (Å²) in [4.78, 5) is 38.6. The third-order valence-corrected chi connectivity index (χ3v) is 5.06. The largest absolute Gasteiger partial charge is 0.496 e. The van der Waals surface area contributed by atoms with Crippen LogP contribution in [0.15, 0.2) is 54.6 Å². The van der Waals surface area contributed by atoms with Gasteiger partial charge in [0.15, 0.2) is 0 Å². The maximum atomic E-state index is 13.0. The fourth-order valence-electron chi connectivity index (χ4n) is 3.14. The van der Waals surface area contributed by atoms with E-state index in [1.165, 1.54) is 7.11 Å². The standard InChI is InChI=1S/C24H28N2O5/c1-15(2)20(26-22(27)18-11-7-8-12-19(18)30-3)24(29)31-21(16-9-5-4-6-10-16)23(28)25-17-13-14-17/h4-12,15,17,20-21H,13-14H2,1-3H3,(H,25,28)(H,26,27)/t20-,21-/m0/s1. The molecule has 1 fully saturated rings. The van der Waals surface area contributed by atoms with E-state index in [2.05, 4.69) is 10.6 Å². The van der Waals surface area contributed by atoms with Crippen LogP contribution in [-0.4, -0.2) is 37.0 Å². The van der Waals surface area contributed by atoms with E-state index in [0.29, 0.717) is 16.9 Å². The monoisotopic (exact) mass is 424 g/mol. The smallest absolute Gasteiger partial charge is 0.330 e. The number of para-hydroxylation sites is 1. The van der Waals surface area contributed by atoms with Gasteiger partial charge in [0.05, 0.1) is 12.7 Å². The summed E-state index contributed by atoms with van der Waals surface area (Å²) < 4.78 is 10.9. The molecule has 3 rings (SSSR count). The molecule has 164 valence electrons. The van der Waals surface area contributed by atoms with Crippen LogP contribution in [0, 0.1) is 5.92 Å². The van der Waals surface area contributed by atoms with E-state index in [1.54, 1.807) is 62.4 Å². The molecular weight excluding hydrogens is 396 g/mol. The zero-order valence-electron chi connectivity index (χ0n) is 18.0. The van der Waals surface area contributed by atoms with Crippen molar-refractivity contribution in [1.82, 2.24) is 10.6 Å². The molecule has 0 aromatic heterocycles. The number of carbonyl (C=O) groups excluding carboxylic acids is 3. The summed E-state index contributed by atoms with van der Waals surface area (Å²) in [5.74, 6) is -1.33. The van der Waals surface area contributed by atoms with Gasteiger partial charge in [0.25, 0.3) is 11.8 Å². The number of esters is 1. The molecule has 2 aromatic carbocycles. The summed E-state index contributed by atoms with van der Waals surface area (Å²) in [5.41, 5.74) is 0.891. The second-order valence-corrected chi connectivity index (χ2v) is 7.91. The summed E-state index contributed by atoms with van der Waals surface area (Å²) >= 11 is 0. The number of carbonyl (C=O) groups is 3. The molecule has 7 heteroatoms. The van der Waals surface area contributed by atoms with Crippen LogP contribution in [0.1, 0.15) is 48.7 Å².